The predicted octanol–water partition coefficient (Wildman–Crippen LogP) is 2.19. The van der Waals surface area contributed by atoms with Gasteiger partial charge in [0.25, 0.3) is 0 Å². The SMILES string of the molecule is CC1CN(C(C(=O)Nc2ccc(N(C)CCO)cc2)C(C)C)CC(C)O1. The van der Waals surface area contributed by atoms with Gasteiger partial charge in [0.2, 0.25) is 5.91 Å². The fraction of sp³-hybridized carbons (Fsp3) is 0.650. The zero-order chi connectivity index (χ0) is 19.3. The molecule has 3 atom stereocenters. The van der Waals surface area contributed by atoms with Gasteiger partial charge in [0.1, 0.15) is 0 Å². The number of carbonyl (C=O) groups excluding carboxylic acids is 1. The Bertz CT molecular complexity index is 566. The highest BCUT2D eigenvalue weighted by atomic mass is 16.5. The number of aliphatic hydroxyl groups is 1. The van der Waals surface area contributed by atoms with E-state index in [2.05, 4.69) is 37.9 Å². The van der Waals surface area contributed by atoms with Crippen molar-refractivity contribution in [2.45, 2.75) is 45.9 Å². The average Bonchev–Trinajstić information content (AvgIpc) is 2.54. The largest absolute Gasteiger partial charge is 0.395 e. The van der Waals surface area contributed by atoms with E-state index in [1.54, 1.807) is 0 Å². The Morgan fingerprint density at radius 1 is 1.27 bits per heavy atom. The number of anilines is 2. The van der Waals surface area contributed by atoms with Crippen molar-refractivity contribution in [2.75, 3.05) is 43.5 Å². The number of morpholine rings is 1. The van der Waals surface area contributed by atoms with Crippen molar-refractivity contribution in [3.63, 3.8) is 0 Å². The first-order valence-corrected chi connectivity index (χ1v) is 9.44. The molecule has 0 saturated carbocycles. The summed E-state index contributed by atoms with van der Waals surface area (Å²) in [5.74, 6) is 0.236. The van der Waals surface area contributed by atoms with Gasteiger partial charge in [-0.25, -0.2) is 0 Å². The lowest BCUT2D eigenvalue weighted by atomic mass is 9.99. The van der Waals surface area contributed by atoms with E-state index in [4.69, 9.17) is 9.84 Å². The maximum absolute atomic E-state index is 13.0. The van der Waals surface area contributed by atoms with E-state index in [1.807, 2.05) is 36.2 Å². The number of hydrogen-bond acceptors (Lipinski definition) is 5. The quantitative estimate of drug-likeness (QED) is 0.777. The highest BCUT2D eigenvalue weighted by Gasteiger charge is 2.34. The van der Waals surface area contributed by atoms with Crippen molar-refractivity contribution in [1.82, 2.24) is 4.90 Å². The summed E-state index contributed by atoms with van der Waals surface area (Å²) in [6.45, 7) is 10.5. The standard InChI is InChI=1S/C20H33N3O3/c1-14(2)19(23-12-15(3)26-16(4)13-23)20(25)21-17-6-8-18(9-7-17)22(5)10-11-24/h6-9,14-16,19,24H,10-13H2,1-5H3,(H,21,25). The molecule has 1 fully saturated rings. The summed E-state index contributed by atoms with van der Waals surface area (Å²) < 4.78 is 5.80. The molecule has 0 aliphatic carbocycles. The van der Waals surface area contributed by atoms with E-state index in [-0.39, 0.29) is 36.7 Å². The molecule has 146 valence electrons. The molecule has 0 bridgehead atoms. The van der Waals surface area contributed by atoms with Crippen LogP contribution in [0.25, 0.3) is 0 Å². The fourth-order valence-electron chi connectivity index (χ4n) is 3.63. The number of ether oxygens (including phenoxy) is 1. The van der Waals surface area contributed by atoms with E-state index in [1.165, 1.54) is 0 Å². The number of likely N-dealkylation sites (N-methyl/N-ethyl adjacent to an activating group) is 1. The Hall–Kier alpha value is -1.63. The minimum atomic E-state index is -0.180. The van der Waals surface area contributed by atoms with E-state index in [9.17, 15) is 4.79 Å². The van der Waals surface area contributed by atoms with Gasteiger partial charge in [0.05, 0.1) is 24.9 Å². The summed E-state index contributed by atoms with van der Waals surface area (Å²) in [4.78, 5) is 17.2. The number of nitrogens with zero attached hydrogens (tertiary/aromatic N) is 2. The Kier molecular flexibility index (Phi) is 7.43. The van der Waals surface area contributed by atoms with Crippen molar-refractivity contribution in [1.29, 1.82) is 0 Å². The van der Waals surface area contributed by atoms with Crippen molar-refractivity contribution in [3.8, 4) is 0 Å². The summed E-state index contributed by atoms with van der Waals surface area (Å²) in [5.41, 5.74) is 1.80. The number of rotatable bonds is 7. The lowest BCUT2D eigenvalue weighted by Gasteiger charge is -2.41. The Morgan fingerprint density at radius 3 is 2.35 bits per heavy atom. The summed E-state index contributed by atoms with van der Waals surface area (Å²) in [6, 6.07) is 7.54. The molecule has 1 aromatic carbocycles. The normalized spacial score (nSPS) is 22.3. The molecular formula is C20H33N3O3. The van der Waals surface area contributed by atoms with Gasteiger partial charge in [-0.05, 0) is 44.0 Å². The maximum Gasteiger partial charge on any atom is 0.241 e. The number of carbonyl (C=O) groups is 1. The number of aliphatic hydroxyl groups excluding tert-OH is 1. The van der Waals surface area contributed by atoms with Crippen LogP contribution in [-0.4, -0.2) is 67.5 Å². The van der Waals surface area contributed by atoms with Crippen LogP contribution in [0.4, 0.5) is 11.4 Å². The topological polar surface area (TPSA) is 65.0 Å². The summed E-state index contributed by atoms with van der Waals surface area (Å²) in [7, 11) is 1.93. The molecule has 1 aliphatic rings. The van der Waals surface area contributed by atoms with Crippen LogP contribution in [0.15, 0.2) is 24.3 Å². The highest BCUT2D eigenvalue weighted by molar-refractivity contribution is 5.95. The van der Waals surface area contributed by atoms with Crippen molar-refractivity contribution >= 4 is 17.3 Å². The molecule has 1 aliphatic heterocycles. The molecule has 1 heterocycles. The van der Waals surface area contributed by atoms with E-state index in [0.717, 1.165) is 24.5 Å². The molecule has 2 rings (SSSR count). The van der Waals surface area contributed by atoms with Crippen LogP contribution in [0.3, 0.4) is 0 Å². The third-order valence-electron chi connectivity index (χ3n) is 4.75. The summed E-state index contributed by atoms with van der Waals surface area (Å²) >= 11 is 0. The second kappa shape index (κ2) is 9.35. The molecule has 0 radical (unpaired) electrons. The third-order valence-corrected chi connectivity index (χ3v) is 4.75. The smallest absolute Gasteiger partial charge is 0.241 e. The Balaban J connectivity index is 2.05. The van der Waals surface area contributed by atoms with E-state index < -0.39 is 0 Å². The van der Waals surface area contributed by atoms with Gasteiger partial charge < -0.3 is 20.1 Å². The van der Waals surface area contributed by atoms with Gasteiger partial charge in [-0.1, -0.05) is 13.8 Å². The molecule has 6 heteroatoms. The predicted molar refractivity (Wildman–Crippen MR) is 106 cm³/mol. The van der Waals surface area contributed by atoms with Crippen molar-refractivity contribution < 1.29 is 14.6 Å². The molecular weight excluding hydrogens is 330 g/mol. The first kappa shape index (κ1) is 20.7. The van der Waals surface area contributed by atoms with Gasteiger partial charge in [-0.2, -0.15) is 0 Å². The van der Waals surface area contributed by atoms with Crippen LogP contribution in [0.1, 0.15) is 27.7 Å². The van der Waals surface area contributed by atoms with Gasteiger partial charge in [-0.15, -0.1) is 0 Å². The molecule has 0 spiro atoms. The van der Waals surface area contributed by atoms with Crippen LogP contribution in [0.2, 0.25) is 0 Å². The monoisotopic (exact) mass is 363 g/mol. The van der Waals surface area contributed by atoms with Crippen LogP contribution in [0, 0.1) is 5.92 Å². The van der Waals surface area contributed by atoms with Crippen molar-refractivity contribution in [2.24, 2.45) is 5.92 Å². The van der Waals surface area contributed by atoms with Crippen molar-refractivity contribution in [3.05, 3.63) is 24.3 Å². The Morgan fingerprint density at radius 2 is 1.85 bits per heavy atom. The van der Waals surface area contributed by atoms with Gasteiger partial charge >= 0.3 is 0 Å². The van der Waals surface area contributed by atoms with E-state index in [0.29, 0.717) is 6.54 Å². The number of benzene rings is 1. The number of amides is 1. The van der Waals surface area contributed by atoms with Crippen LogP contribution >= 0.6 is 0 Å². The number of hydrogen-bond donors (Lipinski definition) is 2. The fourth-order valence-corrected chi connectivity index (χ4v) is 3.63. The zero-order valence-electron chi connectivity index (χ0n) is 16.6. The Labute approximate surface area is 157 Å². The second-order valence-electron chi connectivity index (χ2n) is 7.58. The molecule has 1 amide bonds. The molecule has 1 aromatic rings. The highest BCUT2D eigenvalue weighted by Crippen LogP contribution is 2.21. The first-order valence-electron chi connectivity index (χ1n) is 9.44. The van der Waals surface area contributed by atoms with Crippen LogP contribution < -0.4 is 10.2 Å². The molecule has 26 heavy (non-hydrogen) atoms. The molecule has 2 N–H and O–H groups in total. The first-order chi connectivity index (χ1) is 12.3. The summed E-state index contributed by atoms with van der Waals surface area (Å²) in [6.07, 6.45) is 0.267. The van der Waals surface area contributed by atoms with Gasteiger partial charge in [0, 0.05) is 38.1 Å². The van der Waals surface area contributed by atoms with Gasteiger partial charge in [-0.3, -0.25) is 9.69 Å². The van der Waals surface area contributed by atoms with E-state index >= 15 is 0 Å². The van der Waals surface area contributed by atoms with Crippen LogP contribution in [0.5, 0.6) is 0 Å². The minimum absolute atomic E-state index is 0.0257. The zero-order valence-corrected chi connectivity index (χ0v) is 16.6. The molecule has 3 unspecified atom stereocenters. The number of nitrogens with one attached hydrogen (secondary N) is 1. The lowest BCUT2D eigenvalue weighted by Crippen LogP contribution is -2.55. The lowest BCUT2D eigenvalue weighted by molar-refractivity contribution is -0.130. The minimum Gasteiger partial charge on any atom is -0.395 e. The third kappa shape index (κ3) is 5.43. The van der Waals surface area contributed by atoms with Crippen LogP contribution in [-0.2, 0) is 9.53 Å². The summed E-state index contributed by atoms with van der Waals surface area (Å²) in [5, 5.41) is 12.1. The molecule has 6 nitrogen and oxygen atoms in total. The molecule has 0 aromatic heterocycles. The average molecular weight is 364 g/mol. The maximum atomic E-state index is 13.0. The van der Waals surface area contributed by atoms with Gasteiger partial charge in [0.15, 0.2) is 0 Å². The second-order valence-corrected chi connectivity index (χ2v) is 7.58. The molecule has 1 saturated heterocycles.